The van der Waals surface area contributed by atoms with Gasteiger partial charge >= 0.3 is 5.63 Å². The molecule has 0 atom stereocenters. The number of anilines is 1. The number of hydrogen-bond donors (Lipinski definition) is 1. The van der Waals surface area contributed by atoms with E-state index in [9.17, 15) is 13.2 Å². The minimum absolute atomic E-state index is 0.0583. The second kappa shape index (κ2) is 5.42. The molecule has 0 aliphatic heterocycles. The lowest BCUT2D eigenvalue weighted by atomic mass is 10.1. The Morgan fingerprint density at radius 1 is 1.08 bits per heavy atom. The average molecular weight is 357 g/mol. The standard InChI is InChI=1S/C16H11N3O5S/c1-9-7-15(20)23-13-8-10(5-6-11(9)13)19-25(21,22)14-4-2-3-12-16(14)18-24-17-12/h2-8,19H,1H3. The number of aryl methyl sites for hydroxylation is 1. The number of benzene rings is 2. The summed E-state index contributed by atoms with van der Waals surface area (Å²) in [4.78, 5) is 11.4. The molecule has 0 amide bonds. The van der Waals surface area contributed by atoms with Crippen LogP contribution in [0.1, 0.15) is 5.56 Å². The van der Waals surface area contributed by atoms with Crippen LogP contribution in [0, 0.1) is 6.92 Å². The Balaban J connectivity index is 1.80. The first-order valence-electron chi connectivity index (χ1n) is 7.23. The third-order valence-electron chi connectivity index (χ3n) is 3.74. The molecule has 0 aliphatic rings. The van der Waals surface area contributed by atoms with Gasteiger partial charge in [0.1, 0.15) is 16.0 Å². The molecule has 25 heavy (non-hydrogen) atoms. The molecular formula is C16H11N3O5S. The van der Waals surface area contributed by atoms with Gasteiger partial charge in [-0.05, 0) is 47.1 Å². The quantitative estimate of drug-likeness (QED) is 0.560. The van der Waals surface area contributed by atoms with Gasteiger partial charge in [-0.15, -0.1) is 0 Å². The molecule has 0 bridgehead atoms. The monoisotopic (exact) mass is 357 g/mol. The van der Waals surface area contributed by atoms with Gasteiger partial charge in [0.25, 0.3) is 10.0 Å². The number of nitrogens with zero attached hydrogens (tertiary/aromatic N) is 2. The lowest BCUT2D eigenvalue weighted by Gasteiger charge is -2.09. The van der Waals surface area contributed by atoms with Crippen molar-refractivity contribution in [3.63, 3.8) is 0 Å². The molecule has 2 aromatic carbocycles. The van der Waals surface area contributed by atoms with Crippen molar-refractivity contribution in [2.75, 3.05) is 4.72 Å². The van der Waals surface area contributed by atoms with Gasteiger partial charge in [0.15, 0.2) is 5.52 Å². The van der Waals surface area contributed by atoms with Crippen LogP contribution >= 0.6 is 0 Å². The largest absolute Gasteiger partial charge is 0.423 e. The summed E-state index contributed by atoms with van der Waals surface area (Å²) in [6.45, 7) is 1.78. The molecule has 2 heterocycles. The summed E-state index contributed by atoms with van der Waals surface area (Å²) < 4.78 is 37.5. The number of sulfonamides is 1. The molecule has 4 aromatic rings. The third kappa shape index (κ3) is 2.64. The molecule has 4 rings (SSSR count). The molecule has 9 heteroatoms. The topological polar surface area (TPSA) is 115 Å². The van der Waals surface area contributed by atoms with Crippen LogP contribution in [0.15, 0.2) is 61.2 Å². The Morgan fingerprint density at radius 2 is 1.92 bits per heavy atom. The molecule has 2 aromatic heterocycles. The molecule has 8 nitrogen and oxygen atoms in total. The zero-order valence-corrected chi connectivity index (χ0v) is 13.7. The van der Waals surface area contributed by atoms with Gasteiger partial charge in [-0.25, -0.2) is 17.8 Å². The van der Waals surface area contributed by atoms with Gasteiger partial charge in [-0.3, -0.25) is 4.72 Å². The van der Waals surface area contributed by atoms with Gasteiger partial charge in [0.2, 0.25) is 0 Å². The van der Waals surface area contributed by atoms with Crippen LogP contribution in [0.4, 0.5) is 5.69 Å². The first kappa shape index (κ1) is 15.3. The molecule has 0 unspecified atom stereocenters. The van der Waals surface area contributed by atoms with Crippen LogP contribution in [-0.4, -0.2) is 18.7 Å². The van der Waals surface area contributed by atoms with E-state index in [2.05, 4.69) is 19.7 Å². The smallest absolute Gasteiger partial charge is 0.336 e. The summed E-state index contributed by atoms with van der Waals surface area (Å²) in [5.74, 6) is 0. The highest BCUT2D eigenvalue weighted by molar-refractivity contribution is 7.93. The highest BCUT2D eigenvalue weighted by atomic mass is 32.2. The van der Waals surface area contributed by atoms with E-state index in [1.807, 2.05) is 0 Å². The summed E-state index contributed by atoms with van der Waals surface area (Å²) in [6.07, 6.45) is 0. The highest BCUT2D eigenvalue weighted by Gasteiger charge is 2.20. The first-order valence-corrected chi connectivity index (χ1v) is 8.71. The van der Waals surface area contributed by atoms with Crippen LogP contribution in [0.3, 0.4) is 0 Å². The van der Waals surface area contributed by atoms with E-state index >= 15 is 0 Å². The maximum absolute atomic E-state index is 12.7. The Labute approximate surface area is 141 Å². The van der Waals surface area contributed by atoms with Gasteiger partial charge in [-0.1, -0.05) is 6.07 Å². The lowest BCUT2D eigenvalue weighted by Crippen LogP contribution is -2.13. The molecule has 0 aliphatic carbocycles. The van der Waals surface area contributed by atoms with Gasteiger partial charge in [0, 0.05) is 17.5 Å². The zero-order valence-electron chi connectivity index (χ0n) is 12.9. The van der Waals surface area contributed by atoms with E-state index in [4.69, 9.17) is 4.42 Å². The molecule has 0 fully saturated rings. The lowest BCUT2D eigenvalue weighted by molar-refractivity contribution is 0.315. The second-order valence-electron chi connectivity index (χ2n) is 5.45. The van der Waals surface area contributed by atoms with Crippen LogP contribution in [-0.2, 0) is 10.0 Å². The SMILES string of the molecule is Cc1cc(=O)oc2cc(NS(=O)(=O)c3cccc4nonc34)ccc12. The van der Waals surface area contributed by atoms with Crippen molar-refractivity contribution in [2.45, 2.75) is 11.8 Å². The number of fused-ring (bicyclic) bond motifs is 2. The van der Waals surface area contributed by atoms with Gasteiger partial charge in [0.05, 0.1) is 5.69 Å². The van der Waals surface area contributed by atoms with Crippen LogP contribution < -0.4 is 10.3 Å². The van der Waals surface area contributed by atoms with Crippen molar-refractivity contribution < 1.29 is 17.5 Å². The number of aromatic nitrogens is 2. The van der Waals surface area contributed by atoms with Crippen molar-refractivity contribution in [1.29, 1.82) is 0 Å². The van der Waals surface area contributed by atoms with E-state index in [1.165, 1.54) is 18.2 Å². The predicted molar refractivity (Wildman–Crippen MR) is 89.8 cm³/mol. The molecular weight excluding hydrogens is 346 g/mol. The van der Waals surface area contributed by atoms with Crippen LogP contribution in [0.5, 0.6) is 0 Å². The maximum atomic E-state index is 12.7. The second-order valence-corrected chi connectivity index (χ2v) is 7.10. The molecule has 0 spiro atoms. The Morgan fingerprint density at radius 3 is 2.76 bits per heavy atom. The molecule has 0 radical (unpaired) electrons. The summed E-state index contributed by atoms with van der Waals surface area (Å²) in [7, 11) is -3.93. The Hall–Kier alpha value is -3.20. The van der Waals surface area contributed by atoms with Crippen LogP contribution in [0.25, 0.3) is 22.0 Å². The first-order chi connectivity index (χ1) is 11.9. The highest BCUT2D eigenvalue weighted by Crippen LogP contribution is 2.25. The van der Waals surface area contributed by atoms with Crippen molar-refractivity contribution in [3.8, 4) is 0 Å². The third-order valence-corrected chi connectivity index (χ3v) is 5.15. The van der Waals surface area contributed by atoms with E-state index < -0.39 is 15.6 Å². The van der Waals surface area contributed by atoms with Gasteiger partial charge < -0.3 is 4.42 Å². The predicted octanol–water partition coefficient (Wildman–Crippen LogP) is 2.44. The minimum Gasteiger partial charge on any atom is -0.423 e. The number of rotatable bonds is 3. The van der Waals surface area contributed by atoms with E-state index in [0.29, 0.717) is 11.1 Å². The number of nitrogens with one attached hydrogen (secondary N) is 1. The molecule has 126 valence electrons. The van der Waals surface area contributed by atoms with Crippen molar-refractivity contribution in [3.05, 3.63) is 58.4 Å². The van der Waals surface area contributed by atoms with E-state index in [0.717, 1.165) is 10.9 Å². The van der Waals surface area contributed by atoms with E-state index in [-0.39, 0.29) is 16.1 Å². The van der Waals surface area contributed by atoms with Crippen LogP contribution in [0.2, 0.25) is 0 Å². The fourth-order valence-corrected chi connectivity index (χ4v) is 3.80. The Bertz CT molecular complexity index is 1270. The normalized spacial score (nSPS) is 11.9. The molecule has 0 saturated heterocycles. The summed E-state index contributed by atoms with van der Waals surface area (Å²) in [6, 6.07) is 10.7. The minimum atomic E-state index is -3.93. The summed E-state index contributed by atoms with van der Waals surface area (Å²) in [5, 5.41) is 7.99. The maximum Gasteiger partial charge on any atom is 0.336 e. The van der Waals surface area contributed by atoms with Crippen molar-refractivity contribution >= 4 is 37.7 Å². The van der Waals surface area contributed by atoms with E-state index in [1.54, 1.807) is 31.2 Å². The average Bonchev–Trinajstić information content (AvgIpc) is 3.02. The van der Waals surface area contributed by atoms with Crippen molar-refractivity contribution in [2.24, 2.45) is 0 Å². The Kier molecular flexibility index (Phi) is 3.32. The van der Waals surface area contributed by atoms with Gasteiger partial charge in [-0.2, -0.15) is 0 Å². The summed E-state index contributed by atoms with van der Waals surface area (Å²) >= 11 is 0. The van der Waals surface area contributed by atoms with Crippen molar-refractivity contribution in [1.82, 2.24) is 10.3 Å². The number of hydrogen-bond acceptors (Lipinski definition) is 7. The zero-order chi connectivity index (χ0) is 17.6. The molecule has 1 N–H and O–H groups in total. The summed E-state index contributed by atoms with van der Waals surface area (Å²) in [5.41, 5.74) is 1.28. The fourth-order valence-electron chi connectivity index (χ4n) is 2.60. The fraction of sp³-hybridized carbons (Fsp3) is 0.0625. The molecule has 0 saturated carbocycles.